The summed E-state index contributed by atoms with van der Waals surface area (Å²) in [6, 6.07) is 4.23. The van der Waals surface area contributed by atoms with Crippen molar-refractivity contribution in [1.82, 2.24) is 0 Å². The maximum absolute atomic E-state index is 9.72. The first-order chi connectivity index (χ1) is 7.09. The number of hydrogen-bond acceptors (Lipinski definition) is 2. The summed E-state index contributed by atoms with van der Waals surface area (Å²) in [4.78, 5) is 0. The molecule has 0 spiro atoms. The van der Waals surface area contributed by atoms with Gasteiger partial charge in [0.1, 0.15) is 5.75 Å². The van der Waals surface area contributed by atoms with E-state index in [4.69, 9.17) is 5.73 Å². The Balaban J connectivity index is 2.37. The van der Waals surface area contributed by atoms with E-state index >= 15 is 0 Å². The highest BCUT2D eigenvalue weighted by atomic mass is 16.3. The standard InChI is InChI=1S/C13H19NO/c1-9-7-11(8-10(2)12(9)15)13(3-4-13)5-6-14/h7-8,15H,3-6,14H2,1-2H3. The topological polar surface area (TPSA) is 46.2 Å². The fraction of sp³-hybridized carbons (Fsp3) is 0.538. The van der Waals surface area contributed by atoms with Crippen molar-refractivity contribution in [3.05, 3.63) is 28.8 Å². The Morgan fingerprint density at radius 3 is 2.20 bits per heavy atom. The molecular weight excluding hydrogens is 186 g/mol. The zero-order valence-corrected chi connectivity index (χ0v) is 9.51. The molecule has 0 amide bonds. The molecule has 0 atom stereocenters. The number of rotatable bonds is 3. The summed E-state index contributed by atoms with van der Waals surface area (Å²) >= 11 is 0. The zero-order chi connectivity index (χ0) is 11.1. The second-order valence-corrected chi connectivity index (χ2v) is 4.78. The van der Waals surface area contributed by atoms with E-state index < -0.39 is 0 Å². The highest BCUT2D eigenvalue weighted by molar-refractivity contribution is 5.46. The lowest BCUT2D eigenvalue weighted by atomic mass is 9.89. The Hall–Kier alpha value is -1.02. The van der Waals surface area contributed by atoms with E-state index in [1.165, 1.54) is 18.4 Å². The van der Waals surface area contributed by atoms with Gasteiger partial charge < -0.3 is 10.8 Å². The second-order valence-electron chi connectivity index (χ2n) is 4.78. The lowest BCUT2D eigenvalue weighted by Gasteiger charge is -2.17. The third-order valence-electron chi connectivity index (χ3n) is 3.58. The molecule has 0 unspecified atom stereocenters. The third kappa shape index (κ3) is 1.74. The van der Waals surface area contributed by atoms with Gasteiger partial charge in [-0.05, 0) is 61.8 Å². The van der Waals surface area contributed by atoms with Gasteiger partial charge in [0.15, 0.2) is 0 Å². The number of aromatic hydroxyl groups is 1. The summed E-state index contributed by atoms with van der Waals surface area (Å²) in [6.07, 6.45) is 3.55. The number of nitrogens with two attached hydrogens (primary N) is 1. The SMILES string of the molecule is Cc1cc(C2(CCN)CC2)cc(C)c1O. The molecule has 0 aromatic heterocycles. The van der Waals surface area contributed by atoms with E-state index in [2.05, 4.69) is 12.1 Å². The fourth-order valence-corrected chi connectivity index (χ4v) is 2.37. The molecule has 0 saturated heterocycles. The van der Waals surface area contributed by atoms with Crippen LogP contribution < -0.4 is 5.73 Å². The van der Waals surface area contributed by atoms with Crippen LogP contribution in [0.2, 0.25) is 0 Å². The Morgan fingerprint density at radius 2 is 1.80 bits per heavy atom. The van der Waals surface area contributed by atoms with Crippen LogP contribution in [-0.2, 0) is 5.41 Å². The maximum Gasteiger partial charge on any atom is 0.121 e. The van der Waals surface area contributed by atoms with Crippen LogP contribution in [0, 0.1) is 13.8 Å². The van der Waals surface area contributed by atoms with Crippen molar-refractivity contribution in [1.29, 1.82) is 0 Å². The van der Waals surface area contributed by atoms with Crippen LogP contribution in [0.1, 0.15) is 36.0 Å². The molecule has 2 heteroatoms. The lowest BCUT2D eigenvalue weighted by molar-refractivity contribution is 0.466. The van der Waals surface area contributed by atoms with Crippen LogP contribution in [0.3, 0.4) is 0 Å². The lowest BCUT2D eigenvalue weighted by Crippen LogP contribution is -2.13. The molecule has 15 heavy (non-hydrogen) atoms. The molecule has 0 heterocycles. The van der Waals surface area contributed by atoms with Gasteiger partial charge in [-0.2, -0.15) is 0 Å². The monoisotopic (exact) mass is 205 g/mol. The molecule has 1 aliphatic rings. The number of phenolic OH excluding ortho intramolecular Hbond substituents is 1. The van der Waals surface area contributed by atoms with Gasteiger partial charge in [0.2, 0.25) is 0 Å². The Kier molecular flexibility index (Phi) is 2.47. The van der Waals surface area contributed by atoms with Gasteiger partial charge in [0.05, 0.1) is 0 Å². The van der Waals surface area contributed by atoms with E-state index in [1.807, 2.05) is 13.8 Å². The Bertz CT molecular complexity index is 357. The minimum absolute atomic E-state index is 0.331. The van der Waals surface area contributed by atoms with Gasteiger partial charge in [0.25, 0.3) is 0 Å². The smallest absolute Gasteiger partial charge is 0.121 e. The van der Waals surface area contributed by atoms with Crippen molar-refractivity contribution in [3.63, 3.8) is 0 Å². The minimum Gasteiger partial charge on any atom is -0.507 e. The van der Waals surface area contributed by atoms with E-state index in [0.717, 1.165) is 24.1 Å². The highest BCUT2D eigenvalue weighted by Crippen LogP contribution is 2.51. The van der Waals surface area contributed by atoms with E-state index in [-0.39, 0.29) is 0 Å². The molecule has 1 saturated carbocycles. The molecule has 0 aliphatic heterocycles. The van der Waals surface area contributed by atoms with Gasteiger partial charge in [-0.1, -0.05) is 12.1 Å². The summed E-state index contributed by atoms with van der Waals surface area (Å²) < 4.78 is 0. The number of hydrogen-bond donors (Lipinski definition) is 2. The van der Waals surface area contributed by atoms with Gasteiger partial charge in [-0.15, -0.1) is 0 Å². The van der Waals surface area contributed by atoms with E-state index in [1.54, 1.807) is 0 Å². The maximum atomic E-state index is 9.72. The highest BCUT2D eigenvalue weighted by Gasteiger charge is 2.43. The van der Waals surface area contributed by atoms with E-state index in [0.29, 0.717) is 11.2 Å². The average Bonchev–Trinajstić information content (AvgIpc) is 2.95. The minimum atomic E-state index is 0.331. The van der Waals surface area contributed by atoms with Crippen LogP contribution in [0.25, 0.3) is 0 Å². The Labute approximate surface area is 91.1 Å². The molecule has 0 bridgehead atoms. The second kappa shape index (κ2) is 3.53. The van der Waals surface area contributed by atoms with Crippen LogP contribution >= 0.6 is 0 Å². The molecule has 2 rings (SSSR count). The largest absolute Gasteiger partial charge is 0.507 e. The summed E-state index contributed by atoms with van der Waals surface area (Å²) in [7, 11) is 0. The number of benzene rings is 1. The molecule has 0 radical (unpaired) electrons. The van der Waals surface area contributed by atoms with Crippen molar-refractivity contribution < 1.29 is 5.11 Å². The quantitative estimate of drug-likeness (QED) is 0.796. The van der Waals surface area contributed by atoms with Crippen LogP contribution in [-0.4, -0.2) is 11.7 Å². The van der Waals surface area contributed by atoms with Crippen molar-refractivity contribution >= 4 is 0 Å². The third-order valence-corrected chi connectivity index (χ3v) is 3.58. The molecule has 82 valence electrons. The van der Waals surface area contributed by atoms with Gasteiger partial charge in [-0.25, -0.2) is 0 Å². The van der Waals surface area contributed by atoms with Crippen LogP contribution in [0.5, 0.6) is 5.75 Å². The van der Waals surface area contributed by atoms with E-state index in [9.17, 15) is 5.11 Å². The normalized spacial score (nSPS) is 17.8. The van der Waals surface area contributed by atoms with Crippen molar-refractivity contribution in [2.45, 2.75) is 38.5 Å². The molecular formula is C13H19NO. The molecule has 1 aromatic rings. The first-order valence-electron chi connectivity index (χ1n) is 5.60. The van der Waals surface area contributed by atoms with Crippen LogP contribution in [0.4, 0.5) is 0 Å². The molecule has 2 nitrogen and oxygen atoms in total. The first kappa shape index (κ1) is 10.5. The molecule has 1 fully saturated rings. The zero-order valence-electron chi connectivity index (χ0n) is 9.51. The van der Waals surface area contributed by atoms with Gasteiger partial charge in [0, 0.05) is 0 Å². The summed E-state index contributed by atoms with van der Waals surface area (Å²) in [5, 5.41) is 9.72. The number of phenols is 1. The molecule has 1 aromatic carbocycles. The predicted molar refractivity (Wildman–Crippen MR) is 62.2 cm³/mol. The summed E-state index contributed by atoms with van der Waals surface area (Å²) in [5.41, 5.74) is 9.30. The van der Waals surface area contributed by atoms with Gasteiger partial charge in [-0.3, -0.25) is 0 Å². The Morgan fingerprint density at radius 1 is 1.27 bits per heavy atom. The van der Waals surface area contributed by atoms with Crippen molar-refractivity contribution in [2.24, 2.45) is 5.73 Å². The number of aryl methyl sites for hydroxylation is 2. The summed E-state index contributed by atoms with van der Waals surface area (Å²) in [6.45, 7) is 4.67. The molecule has 1 aliphatic carbocycles. The average molecular weight is 205 g/mol. The van der Waals surface area contributed by atoms with Crippen LogP contribution in [0.15, 0.2) is 12.1 Å². The van der Waals surface area contributed by atoms with Crippen molar-refractivity contribution in [3.8, 4) is 5.75 Å². The van der Waals surface area contributed by atoms with Gasteiger partial charge >= 0.3 is 0 Å². The molecule has 3 N–H and O–H groups in total. The van der Waals surface area contributed by atoms with Crippen molar-refractivity contribution in [2.75, 3.05) is 6.54 Å². The fourth-order valence-electron chi connectivity index (χ4n) is 2.37. The summed E-state index contributed by atoms with van der Waals surface area (Å²) in [5.74, 6) is 0.433. The first-order valence-corrected chi connectivity index (χ1v) is 5.60. The predicted octanol–water partition coefficient (Wildman–Crippen LogP) is 2.39.